The van der Waals surface area contributed by atoms with E-state index in [1.165, 1.54) is 12.1 Å². The number of benzene rings is 1. The minimum absolute atomic E-state index is 0.0784. The Hall–Kier alpha value is -2.55. The first-order valence-electron chi connectivity index (χ1n) is 5.72. The maximum absolute atomic E-state index is 11.4. The van der Waals surface area contributed by atoms with Crippen LogP contribution in [-0.2, 0) is 16.1 Å². The Bertz CT molecular complexity index is 513. The summed E-state index contributed by atoms with van der Waals surface area (Å²) in [7, 11) is 0. The standard InChI is InChI=1S/C11H13N3O6/c1-2-8(11(15)20-12)3-7-4-9(13(16)17)6-10(5-7)14(18)19/h4-6,8H,2-3,12H2,1H3. The van der Waals surface area contributed by atoms with E-state index < -0.39 is 33.1 Å². The second-order valence-corrected chi connectivity index (χ2v) is 4.12. The molecule has 0 heterocycles. The van der Waals surface area contributed by atoms with E-state index in [1.54, 1.807) is 6.92 Å². The highest BCUT2D eigenvalue weighted by Gasteiger charge is 2.22. The first kappa shape index (κ1) is 15.5. The van der Waals surface area contributed by atoms with Crippen LogP contribution in [0.2, 0.25) is 0 Å². The predicted molar refractivity (Wildman–Crippen MR) is 67.5 cm³/mol. The normalized spacial score (nSPS) is 11.7. The maximum Gasteiger partial charge on any atom is 0.327 e. The largest absolute Gasteiger partial charge is 0.373 e. The van der Waals surface area contributed by atoms with E-state index in [-0.39, 0.29) is 6.42 Å². The molecule has 0 aliphatic carbocycles. The van der Waals surface area contributed by atoms with Gasteiger partial charge in [0.25, 0.3) is 11.4 Å². The summed E-state index contributed by atoms with van der Waals surface area (Å²) in [6.07, 6.45) is 0.474. The van der Waals surface area contributed by atoms with Crippen LogP contribution in [0.15, 0.2) is 18.2 Å². The number of carbonyl (C=O) groups is 1. The lowest BCUT2D eigenvalue weighted by Gasteiger charge is -2.11. The fourth-order valence-electron chi connectivity index (χ4n) is 1.76. The van der Waals surface area contributed by atoms with Crippen molar-refractivity contribution in [2.45, 2.75) is 19.8 Å². The van der Waals surface area contributed by atoms with Gasteiger partial charge < -0.3 is 4.84 Å². The van der Waals surface area contributed by atoms with Crippen molar-refractivity contribution in [3.8, 4) is 0 Å². The highest BCUT2D eigenvalue weighted by Crippen LogP contribution is 2.25. The Morgan fingerprint density at radius 2 is 1.75 bits per heavy atom. The predicted octanol–water partition coefficient (Wildman–Crippen LogP) is 1.49. The molecule has 0 amide bonds. The fraction of sp³-hybridized carbons (Fsp3) is 0.364. The SMILES string of the molecule is CCC(Cc1cc([N+](=O)[O-])cc([N+](=O)[O-])c1)C(=O)ON. The zero-order valence-electron chi connectivity index (χ0n) is 10.6. The quantitative estimate of drug-likeness (QED) is 0.616. The Balaban J connectivity index is 3.13. The summed E-state index contributed by atoms with van der Waals surface area (Å²) in [5.74, 6) is 3.52. The van der Waals surface area contributed by atoms with Crippen LogP contribution in [0, 0.1) is 26.1 Å². The molecule has 0 spiro atoms. The Labute approximate surface area is 113 Å². The van der Waals surface area contributed by atoms with Gasteiger partial charge in [-0.15, -0.1) is 0 Å². The summed E-state index contributed by atoms with van der Waals surface area (Å²) in [6.45, 7) is 1.72. The number of nitro benzene ring substituents is 2. The highest BCUT2D eigenvalue weighted by molar-refractivity contribution is 5.72. The van der Waals surface area contributed by atoms with Gasteiger partial charge in [-0.3, -0.25) is 25.0 Å². The van der Waals surface area contributed by atoms with Gasteiger partial charge >= 0.3 is 5.97 Å². The number of hydrogen-bond acceptors (Lipinski definition) is 7. The van der Waals surface area contributed by atoms with Crippen molar-refractivity contribution in [3.05, 3.63) is 44.0 Å². The first-order valence-corrected chi connectivity index (χ1v) is 5.72. The van der Waals surface area contributed by atoms with Crippen LogP contribution in [0.1, 0.15) is 18.9 Å². The molecule has 0 aliphatic heterocycles. The Morgan fingerprint density at radius 3 is 2.10 bits per heavy atom. The van der Waals surface area contributed by atoms with E-state index >= 15 is 0 Å². The minimum Gasteiger partial charge on any atom is -0.373 e. The average molecular weight is 283 g/mol. The van der Waals surface area contributed by atoms with Gasteiger partial charge in [-0.05, 0) is 18.4 Å². The molecule has 0 bridgehead atoms. The van der Waals surface area contributed by atoms with E-state index in [2.05, 4.69) is 4.84 Å². The van der Waals surface area contributed by atoms with Crippen LogP contribution >= 0.6 is 0 Å². The lowest BCUT2D eigenvalue weighted by Crippen LogP contribution is -2.22. The summed E-state index contributed by atoms with van der Waals surface area (Å²) < 4.78 is 0. The average Bonchev–Trinajstić information content (AvgIpc) is 2.43. The van der Waals surface area contributed by atoms with Crippen LogP contribution in [0.4, 0.5) is 11.4 Å². The Morgan fingerprint density at radius 1 is 1.25 bits per heavy atom. The molecule has 1 rings (SSSR count). The van der Waals surface area contributed by atoms with Crippen molar-refractivity contribution in [1.82, 2.24) is 0 Å². The molecule has 0 aromatic heterocycles. The molecule has 0 radical (unpaired) electrons. The topological polar surface area (TPSA) is 139 Å². The smallest absolute Gasteiger partial charge is 0.327 e. The van der Waals surface area contributed by atoms with Crippen molar-refractivity contribution < 1.29 is 19.5 Å². The second-order valence-electron chi connectivity index (χ2n) is 4.12. The molecule has 9 heteroatoms. The molecule has 0 saturated heterocycles. The van der Waals surface area contributed by atoms with Crippen molar-refractivity contribution in [2.75, 3.05) is 0 Å². The van der Waals surface area contributed by atoms with Gasteiger partial charge in [0.05, 0.1) is 21.8 Å². The number of non-ortho nitro benzene ring substituents is 2. The van der Waals surface area contributed by atoms with E-state index in [0.29, 0.717) is 12.0 Å². The number of hydrogen-bond donors (Lipinski definition) is 1. The van der Waals surface area contributed by atoms with E-state index in [9.17, 15) is 25.0 Å². The van der Waals surface area contributed by atoms with Gasteiger partial charge in [-0.2, -0.15) is 5.90 Å². The van der Waals surface area contributed by atoms with Crippen molar-refractivity contribution >= 4 is 17.3 Å². The molecule has 0 fully saturated rings. The molecule has 1 aromatic carbocycles. The molecule has 108 valence electrons. The number of rotatable bonds is 6. The molecule has 20 heavy (non-hydrogen) atoms. The van der Waals surface area contributed by atoms with Crippen LogP contribution in [0.5, 0.6) is 0 Å². The number of nitrogens with zero attached hydrogens (tertiary/aromatic N) is 2. The molecule has 0 saturated carbocycles. The number of carbonyl (C=O) groups excluding carboxylic acids is 1. The van der Waals surface area contributed by atoms with E-state index in [4.69, 9.17) is 5.90 Å². The van der Waals surface area contributed by atoms with Crippen molar-refractivity contribution in [1.29, 1.82) is 0 Å². The van der Waals surface area contributed by atoms with Crippen molar-refractivity contribution in [3.63, 3.8) is 0 Å². The lowest BCUT2D eigenvalue weighted by atomic mass is 9.96. The van der Waals surface area contributed by atoms with Crippen LogP contribution in [0.3, 0.4) is 0 Å². The van der Waals surface area contributed by atoms with Gasteiger partial charge in [-0.1, -0.05) is 6.92 Å². The maximum atomic E-state index is 11.4. The zero-order valence-corrected chi connectivity index (χ0v) is 10.6. The Kier molecular flexibility index (Phi) is 5.09. The summed E-state index contributed by atoms with van der Waals surface area (Å²) in [6, 6.07) is 3.25. The molecule has 1 atom stereocenters. The second kappa shape index (κ2) is 6.57. The molecule has 9 nitrogen and oxygen atoms in total. The first-order chi connectivity index (χ1) is 9.38. The number of nitrogens with two attached hydrogens (primary N) is 1. The molecular formula is C11H13N3O6. The summed E-state index contributed by atoms with van der Waals surface area (Å²) in [5.41, 5.74) is -0.488. The molecule has 2 N–H and O–H groups in total. The third-order valence-electron chi connectivity index (χ3n) is 2.81. The fourth-order valence-corrected chi connectivity index (χ4v) is 1.76. The lowest BCUT2D eigenvalue weighted by molar-refractivity contribution is -0.394. The van der Waals surface area contributed by atoms with Gasteiger partial charge in [0, 0.05) is 12.1 Å². The van der Waals surface area contributed by atoms with E-state index in [1.807, 2.05) is 0 Å². The van der Waals surface area contributed by atoms with Gasteiger partial charge in [0.1, 0.15) is 0 Å². The monoisotopic (exact) mass is 283 g/mol. The molecule has 1 unspecified atom stereocenters. The molecular weight excluding hydrogens is 270 g/mol. The van der Waals surface area contributed by atoms with E-state index in [0.717, 1.165) is 6.07 Å². The van der Waals surface area contributed by atoms with Crippen molar-refractivity contribution in [2.24, 2.45) is 11.8 Å². The minimum atomic E-state index is -0.724. The molecule has 1 aromatic rings. The number of nitro groups is 2. The van der Waals surface area contributed by atoms with Crippen LogP contribution in [0.25, 0.3) is 0 Å². The third-order valence-corrected chi connectivity index (χ3v) is 2.81. The third kappa shape index (κ3) is 3.72. The highest BCUT2D eigenvalue weighted by atomic mass is 16.7. The van der Waals surface area contributed by atoms with Gasteiger partial charge in [0.15, 0.2) is 0 Å². The van der Waals surface area contributed by atoms with Crippen LogP contribution in [-0.4, -0.2) is 15.8 Å². The summed E-state index contributed by atoms with van der Waals surface area (Å²) >= 11 is 0. The molecule has 0 aliphatic rings. The van der Waals surface area contributed by atoms with Crippen LogP contribution < -0.4 is 5.90 Å². The summed E-state index contributed by atoms with van der Waals surface area (Å²) in [5, 5.41) is 21.5. The van der Waals surface area contributed by atoms with Gasteiger partial charge in [-0.25, -0.2) is 0 Å². The zero-order chi connectivity index (χ0) is 15.3. The summed E-state index contributed by atoms with van der Waals surface area (Å²) in [4.78, 5) is 35.5. The van der Waals surface area contributed by atoms with Gasteiger partial charge in [0.2, 0.25) is 0 Å².